The topological polar surface area (TPSA) is 42.1 Å². The molecule has 0 saturated carbocycles. The van der Waals surface area contributed by atoms with E-state index in [1.807, 2.05) is 13.1 Å². The number of nitrogens with one attached hydrogen (secondary N) is 1. The molecule has 0 spiro atoms. The number of carbonyl (C=O) groups excluding carboxylic acids is 1. The Morgan fingerprint density at radius 3 is 2.67 bits per heavy atom. The van der Waals surface area contributed by atoms with Crippen molar-refractivity contribution in [3.63, 3.8) is 0 Å². The zero-order valence-corrected chi connectivity index (χ0v) is 9.72. The summed E-state index contributed by atoms with van der Waals surface area (Å²) >= 11 is 0. The molecule has 0 amide bonds. The van der Waals surface area contributed by atoms with Gasteiger partial charge in [-0.05, 0) is 30.9 Å². The van der Waals surface area contributed by atoms with Crippen molar-refractivity contribution in [1.82, 2.24) is 4.98 Å². The Bertz CT molecular complexity index is 328. The van der Waals surface area contributed by atoms with Gasteiger partial charge in [0.2, 0.25) is 0 Å². The lowest BCUT2D eigenvalue weighted by molar-refractivity contribution is 0.0519. The van der Waals surface area contributed by atoms with Gasteiger partial charge in [0.25, 0.3) is 0 Å². The molecule has 84 valence electrons. The van der Waals surface area contributed by atoms with Crippen molar-refractivity contribution >= 4 is 5.97 Å². The molecule has 1 N–H and O–H groups in total. The Hall–Kier alpha value is -1.25. The normalized spacial score (nSPS) is 10.3. The van der Waals surface area contributed by atoms with Crippen LogP contribution < -0.4 is 0 Å². The lowest BCUT2D eigenvalue weighted by Crippen LogP contribution is -2.08. The fourth-order valence-corrected chi connectivity index (χ4v) is 1.73. The monoisotopic (exact) mass is 209 g/mol. The number of aromatic amines is 1. The van der Waals surface area contributed by atoms with E-state index < -0.39 is 0 Å². The molecule has 15 heavy (non-hydrogen) atoms. The summed E-state index contributed by atoms with van der Waals surface area (Å²) in [5, 5.41) is 0. The third-order valence-corrected chi connectivity index (χ3v) is 2.44. The van der Waals surface area contributed by atoms with E-state index >= 15 is 0 Å². The van der Waals surface area contributed by atoms with E-state index in [9.17, 15) is 4.79 Å². The van der Waals surface area contributed by atoms with Gasteiger partial charge in [0, 0.05) is 6.20 Å². The van der Waals surface area contributed by atoms with Crippen LogP contribution in [0, 0.1) is 0 Å². The van der Waals surface area contributed by atoms with E-state index in [4.69, 9.17) is 4.74 Å². The standard InChI is InChI=1S/C12H19NO2/c1-4-7-10-9(5-2)8-13-11(10)12(14)15-6-3/h8,13H,4-7H2,1-3H3. The lowest BCUT2D eigenvalue weighted by Gasteiger charge is -2.04. The van der Waals surface area contributed by atoms with Crippen LogP contribution in [0.5, 0.6) is 0 Å². The summed E-state index contributed by atoms with van der Waals surface area (Å²) in [7, 11) is 0. The summed E-state index contributed by atoms with van der Waals surface area (Å²) in [4.78, 5) is 14.6. The van der Waals surface area contributed by atoms with E-state index in [2.05, 4.69) is 18.8 Å². The number of ether oxygens (including phenoxy) is 1. The first-order valence-electron chi connectivity index (χ1n) is 5.60. The van der Waals surface area contributed by atoms with Gasteiger partial charge in [-0.15, -0.1) is 0 Å². The Labute approximate surface area is 90.8 Å². The van der Waals surface area contributed by atoms with Gasteiger partial charge in [-0.3, -0.25) is 0 Å². The first-order valence-corrected chi connectivity index (χ1v) is 5.60. The molecule has 0 bridgehead atoms. The third kappa shape index (κ3) is 2.61. The van der Waals surface area contributed by atoms with Crippen LogP contribution >= 0.6 is 0 Å². The minimum atomic E-state index is -0.236. The fourth-order valence-electron chi connectivity index (χ4n) is 1.73. The zero-order valence-electron chi connectivity index (χ0n) is 9.72. The predicted molar refractivity (Wildman–Crippen MR) is 60.1 cm³/mol. The molecule has 0 aliphatic heterocycles. The van der Waals surface area contributed by atoms with Crippen LogP contribution in [0.2, 0.25) is 0 Å². The minimum Gasteiger partial charge on any atom is -0.461 e. The van der Waals surface area contributed by atoms with E-state index in [0.717, 1.165) is 24.8 Å². The molecule has 0 atom stereocenters. The second kappa shape index (κ2) is 5.59. The minimum absolute atomic E-state index is 0.236. The number of aryl methyl sites for hydroxylation is 1. The van der Waals surface area contributed by atoms with Crippen molar-refractivity contribution in [1.29, 1.82) is 0 Å². The second-order valence-electron chi connectivity index (χ2n) is 3.49. The van der Waals surface area contributed by atoms with Gasteiger partial charge >= 0.3 is 5.97 Å². The molecular weight excluding hydrogens is 190 g/mol. The number of rotatable bonds is 5. The smallest absolute Gasteiger partial charge is 0.355 e. The first-order chi connectivity index (χ1) is 7.24. The van der Waals surface area contributed by atoms with Crippen molar-refractivity contribution in [3.05, 3.63) is 23.0 Å². The van der Waals surface area contributed by atoms with Crippen LogP contribution in [0.25, 0.3) is 0 Å². The number of aromatic nitrogens is 1. The van der Waals surface area contributed by atoms with Crippen LogP contribution in [-0.2, 0) is 17.6 Å². The second-order valence-corrected chi connectivity index (χ2v) is 3.49. The Morgan fingerprint density at radius 1 is 1.40 bits per heavy atom. The molecule has 3 heteroatoms. The zero-order chi connectivity index (χ0) is 11.3. The van der Waals surface area contributed by atoms with Crippen LogP contribution in [0.1, 0.15) is 48.8 Å². The number of hydrogen-bond acceptors (Lipinski definition) is 2. The third-order valence-electron chi connectivity index (χ3n) is 2.44. The maximum Gasteiger partial charge on any atom is 0.355 e. The highest BCUT2D eigenvalue weighted by Crippen LogP contribution is 2.17. The number of esters is 1. The quantitative estimate of drug-likeness (QED) is 0.757. The molecule has 0 aliphatic rings. The molecule has 0 aliphatic carbocycles. The first kappa shape index (κ1) is 11.8. The van der Waals surface area contributed by atoms with Crippen molar-refractivity contribution in [3.8, 4) is 0 Å². The van der Waals surface area contributed by atoms with E-state index in [1.165, 1.54) is 5.56 Å². The van der Waals surface area contributed by atoms with Gasteiger partial charge in [0.1, 0.15) is 5.69 Å². The fraction of sp³-hybridized carbons (Fsp3) is 0.583. The highest BCUT2D eigenvalue weighted by molar-refractivity contribution is 5.89. The summed E-state index contributed by atoms with van der Waals surface area (Å²) < 4.78 is 5.00. The van der Waals surface area contributed by atoms with Crippen molar-refractivity contribution in [2.24, 2.45) is 0 Å². The average molecular weight is 209 g/mol. The molecule has 1 aromatic rings. The van der Waals surface area contributed by atoms with Gasteiger partial charge in [-0.25, -0.2) is 4.79 Å². The number of H-pyrrole nitrogens is 1. The van der Waals surface area contributed by atoms with Gasteiger partial charge in [0.15, 0.2) is 0 Å². The molecule has 0 radical (unpaired) electrons. The van der Waals surface area contributed by atoms with Crippen molar-refractivity contribution in [2.75, 3.05) is 6.61 Å². The molecule has 0 saturated heterocycles. The Morgan fingerprint density at radius 2 is 2.13 bits per heavy atom. The summed E-state index contributed by atoms with van der Waals surface area (Å²) in [6, 6.07) is 0. The largest absolute Gasteiger partial charge is 0.461 e. The Kier molecular flexibility index (Phi) is 4.40. The highest BCUT2D eigenvalue weighted by Gasteiger charge is 2.16. The summed E-state index contributed by atoms with van der Waals surface area (Å²) in [5.41, 5.74) is 2.98. The van der Waals surface area contributed by atoms with Gasteiger partial charge in [-0.2, -0.15) is 0 Å². The predicted octanol–water partition coefficient (Wildman–Crippen LogP) is 2.71. The number of hydrogen-bond donors (Lipinski definition) is 1. The maximum absolute atomic E-state index is 11.6. The lowest BCUT2D eigenvalue weighted by atomic mass is 10.0. The molecule has 3 nitrogen and oxygen atoms in total. The molecule has 1 heterocycles. The number of carbonyl (C=O) groups is 1. The van der Waals surface area contributed by atoms with Crippen LogP contribution in [0.4, 0.5) is 0 Å². The molecule has 1 aromatic heterocycles. The maximum atomic E-state index is 11.6. The Balaban J connectivity index is 2.95. The molecule has 1 rings (SSSR count). The van der Waals surface area contributed by atoms with E-state index in [0.29, 0.717) is 12.3 Å². The summed E-state index contributed by atoms with van der Waals surface area (Å²) in [6.07, 6.45) is 4.83. The molecule has 0 fully saturated rings. The average Bonchev–Trinajstić information content (AvgIpc) is 2.62. The van der Waals surface area contributed by atoms with Crippen LogP contribution in [-0.4, -0.2) is 17.6 Å². The van der Waals surface area contributed by atoms with E-state index in [-0.39, 0.29) is 5.97 Å². The summed E-state index contributed by atoms with van der Waals surface area (Å²) in [5.74, 6) is -0.236. The molecule has 0 unspecified atom stereocenters. The van der Waals surface area contributed by atoms with Gasteiger partial charge in [0.05, 0.1) is 6.61 Å². The molecule has 0 aromatic carbocycles. The van der Waals surface area contributed by atoms with Gasteiger partial charge in [-0.1, -0.05) is 20.3 Å². The summed E-state index contributed by atoms with van der Waals surface area (Å²) in [6.45, 7) is 6.45. The van der Waals surface area contributed by atoms with Crippen LogP contribution in [0.3, 0.4) is 0 Å². The van der Waals surface area contributed by atoms with Crippen molar-refractivity contribution < 1.29 is 9.53 Å². The van der Waals surface area contributed by atoms with Crippen molar-refractivity contribution in [2.45, 2.75) is 40.0 Å². The molecular formula is C12H19NO2. The van der Waals surface area contributed by atoms with Crippen LogP contribution in [0.15, 0.2) is 6.20 Å². The van der Waals surface area contributed by atoms with Gasteiger partial charge < -0.3 is 9.72 Å². The van der Waals surface area contributed by atoms with E-state index in [1.54, 1.807) is 0 Å². The SMILES string of the molecule is CCCc1c(CC)c[nH]c1C(=O)OCC. The highest BCUT2D eigenvalue weighted by atomic mass is 16.5.